The quantitative estimate of drug-likeness (QED) is 0.578. The van der Waals surface area contributed by atoms with E-state index >= 15 is 0 Å². The number of benzene rings is 1. The first-order valence-electron chi connectivity index (χ1n) is 5.02. The fourth-order valence-electron chi connectivity index (χ4n) is 1.13. The third kappa shape index (κ3) is 5.50. The first-order valence-corrected chi connectivity index (χ1v) is 5.02. The van der Waals surface area contributed by atoms with Crippen LogP contribution in [0, 0.1) is 0 Å². The molecular formula is C11H15F2NO2. The Kier molecular flexibility index (Phi) is 5.56. The van der Waals surface area contributed by atoms with Crippen LogP contribution >= 0.6 is 0 Å². The van der Waals surface area contributed by atoms with Gasteiger partial charge in [0, 0.05) is 18.2 Å². The van der Waals surface area contributed by atoms with Gasteiger partial charge in [-0.1, -0.05) is 6.07 Å². The van der Waals surface area contributed by atoms with Crippen LogP contribution in [0.5, 0.6) is 5.75 Å². The molecule has 0 saturated carbocycles. The standard InChI is InChI=1S/C11H15F2NO2/c12-11(13)8-15-5-2-6-16-10-4-1-3-9(14)7-10/h1,3-4,7,11H,2,5-6,8,14H2. The van der Waals surface area contributed by atoms with Crippen LogP contribution in [-0.2, 0) is 4.74 Å². The molecule has 0 bridgehead atoms. The lowest BCUT2D eigenvalue weighted by atomic mass is 10.3. The Bertz CT molecular complexity index is 308. The number of nitrogens with two attached hydrogens (primary N) is 1. The van der Waals surface area contributed by atoms with Crippen molar-refractivity contribution in [3.8, 4) is 5.75 Å². The van der Waals surface area contributed by atoms with Crippen LogP contribution in [0.15, 0.2) is 24.3 Å². The van der Waals surface area contributed by atoms with Gasteiger partial charge in [0.05, 0.1) is 13.2 Å². The van der Waals surface area contributed by atoms with Gasteiger partial charge in [0.25, 0.3) is 6.43 Å². The Morgan fingerprint density at radius 3 is 2.75 bits per heavy atom. The highest BCUT2D eigenvalue weighted by atomic mass is 19.3. The first kappa shape index (κ1) is 12.7. The lowest BCUT2D eigenvalue weighted by Crippen LogP contribution is -2.08. The number of halogens is 2. The molecule has 0 atom stereocenters. The van der Waals surface area contributed by atoms with Gasteiger partial charge in [0.15, 0.2) is 0 Å². The normalized spacial score (nSPS) is 10.7. The number of alkyl halides is 2. The number of nitrogen functional groups attached to an aromatic ring is 1. The number of anilines is 1. The van der Waals surface area contributed by atoms with Crippen molar-refractivity contribution < 1.29 is 18.3 Å². The summed E-state index contributed by atoms with van der Waals surface area (Å²) in [6.45, 7) is 0.178. The van der Waals surface area contributed by atoms with E-state index < -0.39 is 13.0 Å². The molecule has 3 nitrogen and oxygen atoms in total. The van der Waals surface area contributed by atoms with E-state index in [0.29, 0.717) is 24.5 Å². The maximum atomic E-state index is 11.7. The van der Waals surface area contributed by atoms with E-state index in [9.17, 15) is 8.78 Å². The van der Waals surface area contributed by atoms with Crippen LogP contribution in [0.4, 0.5) is 14.5 Å². The van der Waals surface area contributed by atoms with Gasteiger partial charge in [0.2, 0.25) is 0 Å². The van der Waals surface area contributed by atoms with Gasteiger partial charge in [-0.2, -0.15) is 0 Å². The van der Waals surface area contributed by atoms with Crippen molar-refractivity contribution in [2.75, 3.05) is 25.6 Å². The monoisotopic (exact) mass is 231 g/mol. The molecule has 0 heterocycles. The molecule has 16 heavy (non-hydrogen) atoms. The first-order chi connectivity index (χ1) is 7.68. The number of rotatable bonds is 7. The zero-order valence-corrected chi connectivity index (χ0v) is 8.86. The van der Waals surface area contributed by atoms with E-state index in [1.54, 1.807) is 24.3 Å². The third-order valence-corrected chi connectivity index (χ3v) is 1.80. The molecule has 0 aliphatic heterocycles. The van der Waals surface area contributed by atoms with Gasteiger partial charge in [-0.05, 0) is 12.1 Å². The highest BCUT2D eigenvalue weighted by Gasteiger charge is 2.01. The summed E-state index contributed by atoms with van der Waals surface area (Å²) in [5, 5.41) is 0. The molecule has 0 fully saturated rings. The molecular weight excluding hydrogens is 216 g/mol. The van der Waals surface area contributed by atoms with Crippen molar-refractivity contribution >= 4 is 5.69 Å². The molecule has 0 saturated heterocycles. The molecule has 0 unspecified atom stereocenters. The number of hydrogen-bond donors (Lipinski definition) is 1. The van der Waals surface area contributed by atoms with Crippen LogP contribution in [-0.4, -0.2) is 26.2 Å². The highest BCUT2D eigenvalue weighted by Crippen LogP contribution is 2.14. The van der Waals surface area contributed by atoms with E-state index in [4.69, 9.17) is 15.2 Å². The minimum absolute atomic E-state index is 0.270. The average Bonchev–Trinajstić information content (AvgIpc) is 2.23. The molecule has 1 aromatic carbocycles. The van der Waals surface area contributed by atoms with E-state index in [1.807, 2.05) is 0 Å². The Morgan fingerprint density at radius 2 is 2.06 bits per heavy atom. The highest BCUT2D eigenvalue weighted by molar-refractivity contribution is 5.43. The van der Waals surface area contributed by atoms with Crippen molar-refractivity contribution in [1.82, 2.24) is 0 Å². The maximum Gasteiger partial charge on any atom is 0.261 e. The minimum atomic E-state index is -2.41. The summed E-state index contributed by atoms with van der Waals surface area (Å²) in [6, 6.07) is 7.05. The fraction of sp³-hybridized carbons (Fsp3) is 0.455. The lowest BCUT2D eigenvalue weighted by molar-refractivity contribution is 0.0139. The van der Waals surface area contributed by atoms with Crippen LogP contribution in [0.1, 0.15) is 6.42 Å². The second-order valence-electron chi connectivity index (χ2n) is 3.24. The van der Waals surface area contributed by atoms with Crippen molar-refractivity contribution in [3.63, 3.8) is 0 Å². The predicted octanol–water partition coefficient (Wildman–Crippen LogP) is 2.32. The fourth-order valence-corrected chi connectivity index (χ4v) is 1.13. The molecule has 0 radical (unpaired) electrons. The zero-order valence-electron chi connectivity index (χ0n) is 8.86. The predicted molar refractivity (Wildman–Crippen MR) is 57.8 cm³/mol. The van der Waals surface area contributed by atoms with E-state index in [1.165, 1.54) is 0 Å². The van der Waals surface area contributed by atoms with E-state index in [2.05, 4.69) is 0 Å². The average molecular weight is 231 g/mol. The van der Waals surface area contributed by atoms with E-state index in [-0.39, 0.29) is 6.61 Å². The van der Waals surface area contributed by atoms with Gasteiger partial charge >= 0.3 is 0 Å². The van der Waals surface area contributed by atoms with Crippen molar-refractivity contribution in [2.24, 2.45) is 0 Å². The summed E-state index contributed by atoms with van der Waals surface area (Å²) in [5.74, 6) is 0.675. The summed E-state index contributed by atoms with van der Waals surface area (Å²) in [5.41, 5.74) is 6.19. The molecule has 1 rings (SSSR count). The largest absolute Gasteiger partial charge is 0.493 e. The summed E-state index contributed by atoms with van der Waals surface area (Å²) in [4.78, 5) is 0. The molecule has 0 aromatic heterocycles. The zero-order chi connectivity index (χ0) is 11.8. The molecule has 90 valence electrons. The Labute approximate surface area is 93.2 Å². The molecule has 0 aliphatic rings. The van der Waals surface area contributed by atoms with Gasteiger partial charge in [0.1, 0.15) is 12.4 Å². The molecule has 0 aliphatic carbocycles. The van der Waals surface area contributed by atoms with Crippen molar-refractivity contribution in [2.45, 2.75) is 12.8 Å². The lowest BCUT2D eigenvalue weighted by Gasteiger charge is -2.07. The van der Waals surface area contributed by atoms with Gasteiger partial charge in [-0.3, -0.25) is 0 Å². The molecule has 2 N–H and O–H groups in total. The molecule has 0 amide bonds. The summed E-state index contributed by atoms with van der Waals surface area (Å²) in [7, 11) is 0. The Balaban J connectivity index is 2.07. The Morgan fingerprint density at radius 1 is 1.25 bits per heavy atom. The second kappa shape index (κ2) is 7.00. The topological polar surface area (TPSA) is 44.5 Å². The summed E-state index contributed by atoms with van der Waals surface area (Å²) >= 11 is 0. The maximum absolute atomic E-state index is 11.7. The van der Waals surface area contributed by atoms with Crippen LogP contribution < -0.4 is 10.5 Å². The van der Waals surface area contributed by atoms with E-state index in [0.717, 1.165) is 0 Å². The molecule has 5 heteroatoms. The van der Waals surface area contributed by atoms with Gasteiger partial charge in [-0.25, -0.2) is 8.78 Å². The summed E-state index contributed by atoms with van der Waals surface area (Å²) in [6.07, 6.45) is -1.84. The number of hydrogen-bond acceptors (Lipinski definition) is 3. The van der Waals surface area contributed by atoms with Crippen LogP contribution in [0.25, 0.3) is 0 Å². The Hall–Kier alpha value is -1.36. The van der Waals surface area contributed by atoms with Crippen molar-refractivity contribution in [3.05, 3.63) is 24.3 Å². The summed E-state index contributed by atoms with van der Waals surface area (Å²) < 4.78 is 33.4. The van der Waals surface area contributed by atoms with Gasteiger partial charge in [-0.15, -0.1) is 0 Å². The molecule has 0 spiro atoms. The second-order valence-corrected chi connectivity index (χ2v) is 3.24. The van der Waals surface area contributed by atoms with Crippen LogP contribution in [0.3, 0.4) is 0 Å². The third-order valence-electron chi connectivity index (χ3n) is 1.80. The SMILES string of the molecule is Nc1cccc(OCCCOCC(F)F)c1. The smallest absolute Gasteiger partial charge is 0.261 e. The van der Waals surface area contributed by atoms with Gasteiger partial charge < -0.3 is 15.2 Å². The minimum Gasteiger partial charge on any atom is -0.493 e. The molecule has 1 aromatic rings. The van der Waals surface area contributed by atoms with Crippen molar-refractivity contribution in [1.29, 1.82) is 0 Å². The van der Waals surface area contributed by atoms with Crippen LogP contribution in [0.2, 0.25) is 0 Å². The number of ether oxygens (including phenoxy) is 2.